The zero-order valence-corrected chi connectivity index (χ0v) is 16.5. The van der Waals surface area contributed by atoms with Crippen LogP contribution in [0.1, 0.15) is 23.7 Å². The number of nitrogens with zero attached hydrogens (tertiary/aromatic N) is 1. The van der Waals surface area contributed by atoms with Gasteiger partial charge >= 0.3 is 5.97 Å². The minimum absolute atomic E-state index is 0.119. The Labute approximate surface area is 163 Å². The van der Waals surface area contributed by atoms with E-state index in [1.54, 1.807) is 6.92 Å². The lowest BCUT2D eigenvalue weighted by Crippen LogP contribution is -2.47. The van der Waals surface area contributed by atoms with Crippen molar-refractivity contribution in [2.75, 3.05) is 23.0 Å². The Bertz CT molecular complexity index is 961. The molecule has 7 nitrogen and oxygen atoms in total. The van der Waals surface area contributed by atoms with Crippen LogP contribution in [0.4, 0.5) is 15.8 Å². The monoisotopic (exact) mass is 408 g/mol. The molecular formula is C19H21FN2O5S. The summed E-state index contributed by atoms with van der Waals surface area (Å²) in [5.74, 6) is -1.89. The van der Waals surface area contributed by atoms with E-state index in [1.165, 1.54) is 49.6 Å². The van der Waals surface area contributed by atoms with E-state index in [0.717, 1.165) is 16.6 Å². The third kappa shape index (κ3) is 4.86. The second kappa shape index (κ2) is 8.83. The number of carbonyl (C=O) groups is 2. The van der Waals surface area contributed by atoms with E-state index >= 15 is 0 Å². The van der Waals surface area contributed by atoms with Crippen LogP contribution in [0.25, 0.3) is 0 Å². The Hall–Kier alpha value is -2.94. The molecule has 1 N–H and O–H groups in total. The molecule has 0 saturated heterocycles. The van der Waals surface area contributed by atoms with Crippen molar-refractivity contribution in [3.05, 3.63) is 59.9 Å². The summed E-state index contributed by atoms with van der Waals surface area (Å²) in [6.45, 7) is 1.63. The number of halogens is 1. The highest BCUT2D eigenvalue weighted by atomic mass is 32.2. The molecule has 0 fully saturated rings. The molecule has 0 saturated carbocycles. The minimum atomic E-state index is -3.94. The predicted molar refractivity (Wildman–Crippen MR) is 104 cm³/mol. The molecule has 0 aliphatic carbocycles. The van der Waals surface area contributed by atoms with Gasteiger partial charge in [0, 0.05) is 5.69 Å². The first-order chi connectivity index (χ1) is 13.2. The number of methoxy groups -OCH3 is 1. The Kier molecular flexibility index (Phi) is 6.74. The van der Waals surface area contributed by atoms with E-state index in [-0.39, 0.29) is 12.1 Å². The number of sulfonamides is 1. The summed E-state index contributed by atoms with van der Waals surface area (Å²) in [5.41, 5.74) is 0.461. The maximum atomic E-state index is 14.2. The van der Waals surface area contributed by atoms with Gasteiger partial charge in [-0.05, 0) is 42.8 Å². The molecule has 9 heteroatoms. The van der Waals surface area contributed by atoms with Crippen molar-refractivity contribution < 1.29 is 27.1 Å². The fraction of sp³-hybridized carbons (Fsp3) is 0.263. The third-order valence-corrected chi connectivity index (χ3v) is 5.16. The van der Waals surface area contributed by atoms with Crippen LogP contribution in [0, 0.1) is 5.82 Å². The SMILES string of the molecule is CCC(C(=O)Nc1ccc(C(=O)OC)cc1)N(c1ccccc1F)S(C)(=O)=O. The maximum Gasteiger partial charge on any atom is 0.337 e. The summed E-state index contributed by atoms with van der Waals surface area (Å²) in [6.07, 6.45) is 1.04. The summed E-state index contributed by atoms with van der Waals surface area (Å²) in [6, 6.07) is 10.1. The van der Waals surface area contributed by atoms with Crippen LogP contribution in [0.5, 0.6) is 0 Å². The van der Waals surface area contributed by atoms with Gasteiger partial charge in [-0.15, -0.1) is 0 Å². The average Bonchev–Trinajstić information content (AvgIpc) is 2.65. The lowest BCUT2D eigenvalue weighted by molar-refractivity contribution is -0.117. The number of hydrogen-bond donors (Lipinski definition) is 1. The standard InChI is InChI=1S/C19H21FN2O5S/c1-4-16(22(28(3,25)26)17-8-6-5-7-15(17)20)18(23)21-14-11-9-13(10-12-14)19(24)27-2/h5-12,16H,4H2,1-3H3,(H,21,23). The lowest BCUT2D eigenvalue weighted by atomic mass is 10.1. The number of benzene rings is 2. The van der Waals surface area contributed by atoms with Gasteiger partial charge in [0.2, 0.25) is 15.9 Å². The molecule has 1 unspecified atom stereocenters. The topological polar surface area (TPSA) is 92.8 Å². The molecule has 0 aromatic heterocycles. The van der Waals surface area contributed by atoms with Crippen LogP contribution < -0.4 is 9.62 Å². The summed E-state index contributed by atoms with van der Waals surface area (Å²) < 4.78 is 44.3. The molecule has 1 atom stereocenters. The van der Waals surface area contributed by atoms with Crippen LogP contribution in [-0.2, 0) is 19.6 Å². The second-order valence-corrected chi connectivity index (χ2v) is 7.85. The molecule has 2 rings (SSSR count). The fourth-order valence-electron chi connectivity index (χ4n) is 2.70. The molecule has 0 aliphatic rings. The van der Waals surface area contributed by atoms with E-state index < -0.39 is 33.8 Å². The maximum absolute atomic E-state index is 14.2. The first kappa shape index (κ1) is 21.4. The highest BCUT2D eigenvalue weighted by Crippen LogP contribution is 2.26. The summed E-state index contributed by atoms with van der Waals surface area (Å²) in [5, 5.41) is 2.60. The van der Waals surface area contributed by atoms with Gasteiger partial charge in [0.05, 0.1) is 24.6 Å². The molecule has 0 radical (unpaired) electrons. The van der Waals surface area contributed by atoms with E-state index in [1.807, 2.05) is 0 Å². The van der Waals surface area contributed by atoms with Crippen LogP contribution >= 0.6 is 0 Å². The van der Waals surface area contributed by atoms with Gasteiger partial charge in [-0.1, -0.05) is 19.1 Å². The predicted octanol–water partition coefficient (Wildman–Crippen LogP) is 2.80. The molecule has 0 heterocycles. The van der Waals surface area contributed by atoms with Gasteiger partial charge < -0.3 is 10.1 Å². The Morgan fingerprint density at radius 1 is 1.14 bits per heavy atom. The van der Waals surface area contributed by atoms with Crippen molar-refractivity contribution in [1.29, 1.82) is 0 Å². The summed E-state index contributed by atoms with van der Waals surface area (Å²) >= 11 is 0. The fourth-order valence-corrected chi connectivity index (χ4v) is 3.91. The van der Waals surface area contributed by atoms with E-state index in [2.05, 4.69) is 10.1 Å². The normalized spacial score (nSPS) is 12.1. The first-order valence-corrected chi connectivity index (χ1v) is 10.3. The number of amides is 1. The van der Waals surface area contributed by atoms with Crippen molar-refractivity contribution in [2.24, 2.45) is 0 Å². The molecule has 28 heavy (non-hydrogen) atoms. The molecule has 2 aromatic carbocycles. The Morgan fingerprint density at radius 3 is 2.25 bits per heavy atom. The van der Waals surface area contributed by atoms with Crippen molar-refractivity contribution in [3.63, 3.8) is 0 Å². The van der Waals surface area contributed by atoms with E-state index in [9.17, 15) is 22.4 Å². The first-order valence-electron chi connectivity index (χ1n) is 8.42. The number of esters is 1. The Balaban J connectivity index is 2.32. The zero-order chi connectivity index (χ0) is 20.9. The largest absolute Gasteiger partial charge is 0.465 e. The van der Waals surface area contributed by atoms with Gasteiger partial charge in [0.15, 0.2) is 0 Å². The van der Waals surface area contributed by atoms with Crippen LogP contribution in [0.15, 0.2) is 48.5 Å². The zero-order valence-electron chi connectivity index (χ0n) is 15.7. The van der Waals surface area contributed by atoms with Gasteiger partial charge in [0.1, 0.15) is 11.9 Å². The molecule has 2 aromatic rings. The van der Waals surface area contributed by atoms with E-state index in [0.29, 0.717) is 11.3 Å². The van der Waals surface area contributed by atoms with Crippen LogP contribution in [0.2, 0.25) is 0 Å². The van der Waals surface area contributed by atoms with Crippen molar-refractivity contribution in [3.8, 4) is 0 Å². The number of rotatable bonds is 7. The third-order valence-electron chi connectivity index (χ3n) is 3.99. The minimum Gasteiger partial charge on any atom is -0.465 e. The highest BCUT2D eigenvalue weighted by Gasteiger charge is 2.33. The van der Waals surface area contributed by atoms with Gasteiger partial charge in [-0.3, -0.25) is 9.10 Å². The molecule has 0 bridgehead atoms. The molecule has 0 spiro atoms. The molecule has 0 aliphatic heterocycles. The molecule has 1 amide bonds. The average molecular weight is 408 g/mol. The number of carbonyl (C=O) groups excluding carboxylic acids is 2. The summed E-state index contributed by atoms with van der Waals surface area (Å²) in [4.78, 5) is 24.2. The number of hydrogen-bond acceptors (Lipinski definition) is 5. The van der Waals surface area contributed by atoms with Crippen LogP contribution in [-0.4, -0.2) is 39.7 Å². The van der Waals surface area contributed by atoms with Crippen molar-refractivity contribution in [1.82, 2.24) is 0 Å². The smallest absolute Gasteiger partial charge is 0.337 e. The Morgan fingerprint density at radius 2 is 1.75 bits per heavy atom. The summed E-state index contributed by atoms with van der Waals surface area (Å²) in [7, 11) is -2.68. The van der Waals surface area contributed by atoms with Gasteiger partial charge in [-0.2, -0.15) is 0 Å². The van der Waals surface area contributed by atoms with Gasteiger partial charge in [-0.25, -0.2) is 17.6 Å². The number of anilines is 2. The van der Waals surface area contributed by atoms with Crippen molar-refractivity contribution >= 4 is 33.3 Å². The van der Waals surface area contributed by atoms with E-state index in [4.69, 9.17) is 0 Å². The van der Waals surface area contributed by atoms with Crippen LogP contribution in [0.3, 0.4) is 0 Å². The molecular weight excluding hydrogens is 387 g/mol. The molecule has 150 valence electrons. The second-order valence-electron chi connectivity index (χ2n) is 5.99. The van der Waals surface area contributed by atoms with Gasteiger partial charge in [0.25, 0.3) is 0 Å². The number of para-hydroxylation sites is 1. The number of ether oxygens (including phenoxy) is 1. The van der Waals surface area contributed by atoms with Crippen molar-refractivity contribution in [2.45, 2.75) is 19.4 Å². The lowest BCUT2D eigenvalue weighted by Gasteiger charge is -2.30. The number of nitrogens with one attached hydrogen (secondary N) is 1. The highest BCUT2D eigenvalue weighted by molar-refractivity contribution is 7.92. The quantitative estimate of drug-likeness (QED) is 0.711.